The van der Waals surface area contributed by atoms with Crippen LogP contribution in [0.1, 0.15) is 13.8 Å². The molecule has 0 heterocycles. The summed E-state index contributed by atoms with van der Waals surface area (Å²) in [6.45, 7) is 5.17. The number of hydrogen-bond donors (Lipinski definition) is 2. The molecule has 0 aliphatic carbocycles. The molecule has 2 N–H and O–H groups in total. The number of rotatable bonds is 6. The lowest BCUT2D eigenvalue weighted by molar-refractivity contribution is 0.146. The summed E-state index contributed by atoms with van der Waals surface area (Å²) in [4.78, 5) is 0. The summed E-state index contributed by atoms with van der Waals surface area (Å²) < 4.78 is 23.1. The van der Waals surface area contributed by atoms with Crippen LogP contribution in [-0.4, -0.2) is 32.1 Å². The van der Waals surface area contributed by atoms with Crippen molar-refractivity contribution in [3.8, 4) is 0 Å². The molecule has 0 unspecified atom stereocenters. The van der Waals surface area contributed by atoms with Crippen molar-refractivity contribution in [2.24, 2.45) is 0 Å². The molecule has 0 spiro atoms. The van der Waals surface area contributed by atoms with E-state index in [-0.39, 0.29) is 6.54 Å². The smallest absolute Gasteiger partial charge is 0.250 e. The Bertz CT molecular complexity index is 76.5. The Labute approximate surface area is 66.4 Å². The van der Waals surface area contributed by atoms with E-state index in [2.05, 4.69) is 10.6 Å². The fourth-order valence-electron chi connectivity index (χ4n) is 0.660. The highest BCUT2D eigenvalue weighted by molar-refractivity contribution is 4.55. The minimum Gasteiger partial charge on any atom is -0.313 e. The van der Waals surface area contributed by atoms with Crippen molar-refractivity contribution in [3.05, 3.63) is 0 Å². The first-order valence-electron chi connectivity index (χ1n) is 3.85. The van der Waals surface area contributed by atoms with Gasteiger partial charge in [0.25, 0.3) is 6.43 Å². The molecule has 0 bridgehead atoms. The topological polar surface area (TPSA) is 24.1 Å². The Balaban J connectivity index is 2.91. The maximum Gasteiger partial charge on any atom is 0.250 e. The number of nitrogens with one attached hydrogen (secondary N) is 2. The molecule has 0 amide bonds. The van der Waals surface area contributed by atoms with Crippen molar-refractivity contribution in [2.45, 2.75) is 26.3 Å². The summed E-state index contributed by atoms with van der Waals surface area (Å²) in [5.74, 6) is 0. The molecular formula is C7H16F2N2. The van der Waals surface area contributed by atoms with E-state index in [0.717, 1.165) is 6.54 Å². The molecule has 2 nitrogen and oxygen atoms in total. The summed E-state index contributed by atoms with van der Waals surface area (Å²) in [7, 11) is 0. The van der Waals surface area contributed by atoms with Gasteiger partial charge in [-0.05, 0) is 0 Å². The van der Waals surface area contributed by atoms with E-state index in [0.29, 0.717) is 12.6 Å². The molecule has 11 heavy (non-hydrogen) atoms. The summed E-state index contributed by atoms with van der Waals surface area (Å²) in [6, 6.07) is 0.420. The predicted octanol–water partition coefficient (Wildman–Crippen LogP) is 0.839. The number of halogens is 2. The molecule has 0 atom stereocenters. The normalized spacial score (nSPS) is 11.5. The lowest BCUT2D eigenvalue weighted by Crippen LogP contribution is -2.33. The van der Waals surface area contributed by atoms with Crippen LogP contribution in [0, 0.1) is 0 Å². The molecule has 0 aliphatic rings. The Morgan fingerprint density at radius 2 is 1.82 bits per heavy atom. The second kappa shape index (κ2) is 6.49. The molecule has 0 saturated heterocycles. The van der Waals surface area contributed by atoms with Crippen LogP contribution in [0.25, 0.3) is 0 Å². The van der Waals surface area contributed by atoms with Crippen molar-refractivity contribution in [1.82, 2.24) is 10.6 Å². The second-order valence-corrected chi connectivity index (χ2v) is 2.70. The Hall–Kier alpha value is -0.220. The van der Waals surface area contributed by atoms with Gasteiger partial charge in [-0.25, -0.2) is 8.78 Å². The SMILES string of the molecule is CC(C)NCCNCC(F)F. The second-order valence-electron chi connectivity index (χ2n) is 2.70. The van der Waals surface area contributed by atoms with Crippen molar-refractivity contribution >= 4 is 0 Å². The van der Waals surface area contributed by atoms with Gasteiger partial charge in [0.15, 0.2) is 0 Å². The third-order valence-corrected chi connectivity index (χ3v) is 1.15. The van der Waals surface area contributed by atoms with Crippen LogP contribution in [0.4, 0.5) is 8.78 Å². The molecule has 0 radical (unpaired) electrons. The van der Waals surface area contributed by atoms with E-state index in [9.17, 15) is 8.78 Å². The van der Waals surface area contributed by atoms with Crippen molar-refractivity contribution in [1.29, 1.82) is 0 Å². The average Bonchev–Trinajstić information content (AvgIpc) is 1.85. The van der Waals surface area contributed by atoms with Crippen LogP contribution >= 0.6 is 0 Å². The third-order valence-electron chi connectivity index (χ3n) is 1.15. The van der Waals surface area contributed by atoms with E-state index in [1.54, 1.807) is 0 Å². The summed E-state index contributed by atoms with van der Waals surface area (Å²) in [5, 5.41) is 5.74. The van der Waals surface area contributed by atoms with Gasteiger partial charge in [-0.2, -0.15) is 0 Å². The minimum absolute atomic E-state index is 0.209. The molecule has 0 aromatic rings. The fraction of sp³-hybridized carbons (Fsp3) is 1.00. The molecule has 0 aromatic heterocycles. The average molecular weight is 166 g/mol. The summed E-state index contributed by atoms with van der Waals surface area (Å²) >= 11 is 0. The molecule has 0 aromatic carbocycles. The molecule has 68 valence electrons. The maximum absolute atomic E-state index is 11.5. The Morgan fingerprint density at radius 1 is 1.18 bits per heavy atom. The summed E-state index contributed by atoms with van der Waals surface area (Å²) in [6.07, 6.45) is -2.24. The van der Waals surface area contributed by atoms with Gasteiger partial charge >= 0.3 is 0 Å². The Morgan fingerprint density at radius 3 is 2.27 bits per heavy atom. The van der Waals surface area contributed by atoms with Gasteiger partial charge in [-0.3, -0.25) is 0 Å². The van der Waals surface area contributed by atoms with Gasteiger partial charge in [0.1, 0.15) is 0 Å². The van der Waals surface area contributed by atoms with E-state index in [4.69, 9.17) is 0 Å². The van der Waals surface area contributed by atoms with E-state index in [1.807, 2.05) is 13.8 Å². The minimum atomic E-state index is -2.24. The van der Waals surface area contributed by atoms with Gasteiger partial charge in [-0.1, -0.05) is 13.8 Å². The van der Waals surface area contributed by atoms with Crippen LogP contribution in [-0.2, 0) is 0 Å². The van der Waals surface area contributed by atoms with E-state index < -0.39 is 6.43 Å². The van der Waals surface area contributed by atoms with Crippen LogP contribution in [0.5, 0.6) is 0 Å². The lowest BCUT2D eigenvalue weighted by Gasteiger charge is -2.08. The van der Waals surface area contributed by atoms with Gasteiger partial charge in [0.05, 0.1) is 6.54 Å². The van der Waals surface area contributed by atoms with Crippen LogP contribution < -0.4 is 10.6 Å². The first-order valence-corrected chi connectivity index (χ1v) is 3.85. The third kappa shape index (κ3) is 9.78. The molecule has 0 rings (SSSR count). The number of hydrogen-bond acceptors (Lipinski definition) is 2. The highest BCUT2D eigenvalue weighted by Gasteiger charge is 1.99. The van der Waals surface area contributed by atoms with Gasteiger partial charge in [-0.15, -0.1) is 0 Å². The predicted molar refractivity (Wildman–Crippen MR) is 42.0 cm³/mol. The zero-order valence-corrected chi connectivity index (χ0v) is 7.03. The van der Waals surface area contributed by atoms with Crippen LogP contribution in [0.15, 0.2) is 0 Å². The molecule has 4 heteroatoms. The van der Waals surface area contributed by atoms with Crippen molar-refractivity contribution in [2.75, 3.05) is 19.6 Å². The van der Waals surface area contributed by atoms with Gasteiger partial charge in [0, 0.05) is 19.1 Å². The van der Waals surface area contributed by atoms with Crippen LogP contribution in [0.2, 0.25) is 0 Å². The zero-order chi connectivity index (χ0) is 8.69. The van der Waals surface area contributed by atoms with Gasteiger partial charge in [0.2, 0.25) is 0 Å². The van der Waals surface area contributed by atoms with Crippen molar-refractivity contribution < 1.29 is 8.78 Å². The quantitative estimate of drug-likeness (QED) is 0.571. The fourth-order valence-corrected chi connectivity index (χ4v) is 0.660. The molecular weight excluding hydrogens is 150 g/mol. The molecule has 0 aliphatic heterocycles. The Kier molecular flexibility index (Phi) is 6.36. The molecule has 0 saturated carbocycles. The largest absolute Gasteiger partial charge is 0.313 e. The van der Waals surface area contributed by atoms with Crippen LogP contribution in [0.3, 0.4) is 0 Å². The standard InChI is InChI=1S/C7H16F2N2/c1-6(2)11-4-3-10-5-7(8)9/h6-7,10-11H,3-5H2,1-2H3. The first kappa shape index (κ1) is 10.8. The van der Waals surface area contributed by atoms with E-state index >= 15 is 0 Å². The maximum atomic E-state index is 11.5. The number of alkyl halides is 2. The highest BCUT2D eigenvalue weighted by Crippen LogP contribution is 1.86. The van der Waals surface area contributed by atoms with Crippen molar-refractivity contribution in [3.63, 3.8) is 0 Å². The lowest BCUT2D eigenvalue weighted by atomic mass is 10.4. The van der Waals surface area contributed by atoms with Gasteiger partial charge < -0.3 is 10.6 Å². The molecule has 0 fully saturated rings. The summed E-state index contributed by atoms with van der Waals surface area (Å²) in [5.41, 5.74) is 0. The first-order chi connectivity index (χ1) is 5.13. The monoisotopic (exact) mass is 166 g/mol. The zero-order valence-electron chi connectivity index (χ0n) is 7.03. The highest BCUT2D eigenvalue weighted by atomic mass is 19.3. The van der Waals surface area contributed by atoms with E-state index in [1.165, 1.54) is 0 Å².